The fraction of sp³-hybridized carbons (Fsp3) is 0.400. The predicted molar refractivity (Wildman–Crippen MR) is 79.1 cm³/mol. The highest BCUT2D eigenvalue weighted by molar-refractivity contribution is 5.99. The van der Waals surface area contributed by atoms with Gasteiger partial charge in [0.1, 0.15) is 17.4 Å². The molecule has 0 aliphatic rings. The molecule has 1 aromatic rings. The van der Waals surface area contributed by atoms with Crippen molar-refractivity contribution in [3.05, 3.63) is 23.3 Å². The zero-order valence-corrected chi connectivity index (χ0v) is 12.9. The molecule has 0 saturated heterocycles. The number of nitrogens with one attached hydrogen (secondary N) is 1. The predicted octanol–water partition coefficient (Wildman–Crippen LogP) is 3.00. The van der Waals surface area contributed by atoms with E-state index in [1.807, 2.05) is 6.07 Å². The highest BCUT2D eigenvalue weighted by Gasteiger charge is 2.21. The average molecular weight is 306 g/mol. The van der Waals surface area contributed by atoms with Gasteiger partial charge < -0.3 is 14.6 Å². The van der Waals surface area contributed by atoms with Crippen molar-refractivity contribution in [1.82, 2.24) is 0 Å². The van der Waals surface area contributed by atoms with Crippen molar-refractivity contribution in [3.63, 3.8) is 0 Å². The lowest BCUT2D eigenvalue weighted by Crippen LogP contribution is -2.27. The average Bonchev–Trinajstić information content (AvgIpc) is 2.36. The van der Waals surface area contributed by atoms with Crippen molar-refractivity contribution in [2.75, 3.05) is 11.9 Å². The molecule has 0 heterocycles. The molecule has 0 aliphatic carbocycles. The Labute approximate surface area is 128 Å². The second kappa shape index (κ2) is 6.80. The van der Waals surface area contributed by atoms with E-state index < -0.39 is 17.7 Å². The minimum absolute atomic E-state index is 0.00389. The van der Waals surface area contributed by atoms with Crippen LogP contribution in [0.5, 0.6) is 5.75 Å². The van der Waals surface area contributed by atoms with Crippen LogP contribution in [-0.4, -0.2) is 29.4 Å². The summed E-state index contributed by atoms with van der Waals surface area (Å²) >= 11 is 0. The number of ether oxygens (including phenoxy) is 2. The molecule has 1 aromatic carbocycles. The number of amides is 1. The molecule has 0 fully saturated rings. The third-order valence-electron chi connectivity index (χ3n) is 2.41. The number of anilines is 1. The fourth-order valence-electron chi connectivity index (χ4n) is 1.64. The number of hydrogen-bond acceptors (Lipinski definition) is 5. The minimum atomic E-state index is -1.27. The number of rotatable bonds is 4. The molecular formula is C15H18N2O5. The van der Waals surface area contributed by atoms with Crippen molar-refractivity contribution >= 4 is 17.7 Å². The molecule has 7 heteroatoms. The molecule has 22 heavy (non-hydrogen) atoms. The summed E-state index contributed by atoms with van der Waals surface area (Å²) < 4.78 is 10.4. The summed E-state index contributed by atoms with van der Waals surface area (Å²) in [5, 5.41) is 20.6. The minimum Gasteiger partial charge on any atom is -0.492 e. The van der Waals surface area contributed by atoms with Crippen LogP contribution in [0.15, 0.2) is 12.1 Å². The van der Waals surface area contributed by atoms with Crippen LogP contribution in [0.2, 0.25) is 0 Å². The standard InChI is InChI=1S/C15H18N2O5/c1-5-21-12-7-11(17-14(20)22-15(2,3)4)10(13(18)19)6-9(12)8-16/h6-7H,5H2,1-4H3,(H,17,20)(H,18,19). The first-order chi connectivity index (χ1) is 10.2. The Bertz CT molecular complexity index is 626. The van der Waals surface area contributed by atoms with Gasteiger partial charge in [-0.3, -0.25) is 5.32 Å². The second-order valence-electron chi connectivity index (χ2n) is 5.37. The Morgan fingerprint density at radius 3 is 2.45 bits per heavy atom. The van der Waals surface area contributed by atoms with Crippen LogP contribution in [0.25, 0.3) is 0 Å². The molecule has 0 bridgehead atoms. The Hall–Kier alpha value is -2.75. The molecule has 0 unspecified atom stereocenters. The number of carbonyl (C=O) groups excluding carboxylic acids is 1. The number of carboxylic acid groups (broad SMARTS) is 1. The molecule has 0 spiro atoms. The summed E-state index contributed by atoms with van der Waals surface area (Å²) in [5.41, 5.74) is -0.855. The second-order valence-corrected chi connectivity index (χ2v) is 5.37. The van der Waals surface area contributed by atoms with Crippen molar-refractivity contribution in [3.8, 4) is 11.8 Å². The van der Waals surface area contributed by atoms with Crippen LogP contribution in [0.4, 0.5) is 10.5 Å². The lowest BCUT2D eigenvalue weighted by molar-refractivity contribution is 0.0636. The summed E-state index contributed by atoms with van der Waals surface area (Å²) in [6.07, 6.45) is -0.790. The van der Waals surface area contributed by atoms with E-state index in [4.69, 9.17) is 14.7 Å². The Morgan fingerprint density at radius 2 is 2.00 bits per heavy atom. The highest BCUT2D eigenvalue weighted by atomic mass is 16.6. The Morgan fingerprint density at radius 1 is 1.36 bits per heavy atom. The van der Waals surface area contributed by atoms with Gasteiger partial charge in [-0.25, -0.2) is 9.59 Å². The lowest BCUT2D eigenvalue weighted by Gasteiger charge is -2.20. The van der Waals surface area contributed by atoms with E-state index in [0.29, 0.717) is 6.61 Å². The smallest absolute Gasteiger partial charge is 0.412 e. The van der Waals surface area contributed by atoms with Crippen LogP contribution >= 0.6 is 0 Å². The molecule has 1 rings (SSSR count). The van der Waals surface area contributed by atoms with Gasteiger partial charge >= 0.3 is 12.1 Å². The molecule has 1 amide bonds. The van der Waals surface area contributed by atoms with Crippen molar-refractivity contribution in [2.45, 2.75) is 33.3 Å². The molecule has 2 N–H and O–H groups in total. The van der Waals surface area contributed by atoms with Crippen molar-refractivity contribution < 1.29 is 24.2 Å². The first kappa shape index (κ1) is 17.3. The normalized spacial score (nSPS) is 10.5. The van der Waals surface area contributed by atoms with E-state index in [9.17, 15) is 14.7 Å². The molecule has 0 aliphatic heterocycles. The Balaban J connectivity index is 3.21. The third-order valence-corrected chi connectivity index (χ3v) is 2.41. The summed E-state index contributed by atoms with van der Waals surface area (Å²) in [5.74, 6) is -1.08. The molecule has 0 radical (unpaired) electrons. The maximum Gasteiger partial charge on any atom is 0.412 e. The molecule has 0 atom stereocenters. The summed E-state index contributed by atoms with van der Waals surface area (Å²) in [4.78, 5) is 23.1. The topological polar surface area (TPSA) is 109 Å². The zero-order chi connectivity index (χ0) is 16.9. The first-order valence-corrected chi connectivity index (χ1v) is 6.62. The van der Waals surface area contributed by atoms with E-state index in [-0.39, 0.29) is 22.6 Å². The van der Waals surface area contributed by atoms with Gasteiger partial charge in [0.2, 0.25) is 0 Å². The fourth-order valence-corrected chi connectivity index (χ4v) is 1.64. The van der Waals surface area contributed by atoms with Gasteiger partial charge in [-0.15, -0.1) is 0 Å². The van der Waals surface area contributed by atoms with Crippen molar-refractivity contribution in [2.24, 2.45) is 0 Å². The number of nitrogens with zero attached hydrogens (tertiary/aromatic N) is 1. The molecule has 0 saturated carbocycles. The van der Waals surface area contributed by atoms with Gasteiger partial charge in [0.15, 0.2) is 0 Å². The van der Waals surface area contributed by atoms with Gasteiger partial charge in [-0.05, 0) is 33.8 Å². The van der Waals surface area contributed by atoms with Crippen LogP contribution < -0.4 is 10.1 Å². The SMILES string of the molecule is CCOc1cc(NC(=O)OC(C)(C)C)c(C(=O)O)cc1C#N. The number of hydrogen-bond donors (Lipinski definition) is 2. The highest BCUT2D eigenvalue weighted by Crippen LogP contribution is 2.28. The maximum atomic E-state index is 11.8. The van der Waals surface area contributed by atoms with E-state index in [2.05, 4.69) is 5.32 Å². The van der Waals surface area contributed by atoms with Crippen LogP contribution in [0.1, 0.15) is 43.6 Å². The Kier molecular flexibility index (Phi) is 5.35. The summed E-state index contributed by atoms with van der Waals surface area (Å²) in [6, 6.07) is 4.32. The number of carboxylic acids is 1. The van der Waals surface area contributed by atoms with Crippen LogP contribution in [0, 0.1) is 11.3 Å². The maximum absolute atomic E-state index is 11.8. The van der Waals surface area contributed by atoms with Crippen molar-refractivity contribution in [1.29, 1.82) is 5.26 Å². The number of nitriles is 1. The number of carbonyl (C=O) groups is 2. The molecule has 7 nitrogen and oxygen atoms in total. The molecule has 0 aromatic heterocycles. The van der Waals surface area contributed by atoms with E-state index in [0.717, 1.165) is 6.07 Å². The number of aromatic carboxylic acids is 1. The van der Waals surface area contributed by atoms with E-state index >= 15 is 0 Å². The first-order valence-electron chi connectivity index (χ1n) is 6.62. The van der Waals surface area contributed by atoms with Gasteiger partial charge in [-0.2, -0.15) is 5.26 Å². The molecule has 118 valence electrons. The molecular weight excluding hydrogens is 288 g/mol. The summed E-state index contributed by atoms with van der Waals surface area (Å²) in [6.45, 7) is 7.10. The largest absolute Gasteiger partial charge is 0.492 e. The number of benzene rings is 1. The van der Waals surface area contributed by atoms with Crippen LogP contribution in [-0.2, 0) is 4.74 Å². The monoisotopic (exact) mass is 306 g/mol. The third kappa shape index (κ3) is 4.66. The van der Waals surface area contributed by atoms with E-state index in [1.165, 1.54) is 6.07 Å². The zero-order valence-electron chi connectivity index (χ0n) is 12.9. The van der Waals surface area contributed by atoms with Gasteiger partial charge in [-0.1, -0.05) is 0 Å². The van der Waals surface area contributed by atoms with Crippen LogP contribution in [0.3, 0.4) is 0 Å². The summed E-state index contributed by atoms with van der Waals surface area (Å²) in [7, 11) is 0. The van der Waals surface area contributed by atoms with Gasteiger partial charge in [0, 0.05) is 6.07 Å². The quantitative estimate of drug-likeness (QED) is 0.885. The van der Waals surface area contributed by atoms with Gasteiger partial charge in [0.25, 0.3) is 0 Å². The van der Waals surface area contributed by atoms with Gasteiger partial charge in [0.05, 0.1) is 23.4 Å². The van der Waals surface area contributed by atoms with E-state index in [1.54, 1.807) is 27.7 Å². The lowest BCUT2D eigenvalue weighted by atomic mass is 10.1.